The Hall–Kier alpha value is -3.23. The highest BCUT2D eigenvalue weighted by Crippen LogP contribution is 2.43. The van der Waals surface area contributed by atoms with Crippen molar-refractivity contribution >= 4 is 11.9 Å². The van der Waals surface area contributed by atoms with Gasteiger partial charge in [0.2, 0.25) is 0 Å². The Morgan fingerprint density at radius 3 is 1.51 bits per heavy atom. The largest absolute Gasteiger partial charge is 0.496 e. The molecule has 2 aromatic rings. The van der Waals surface area contributed by atoms with Crippen LogP contribution in [-0.4, -0.2) is 56.0 Å². The van der Waals surface area contributed by atoms with Gasteiger partial charge >= 0.3 is 11.9 Å². The second-order valence-corrected chi connectivity index (χ2v) is 13.6. The lowest BCUT2D eigenvalue weighted by molar-refractivity contribution is -0.166. The van der Waals surface area contributed by atoms with Crippen LogP contribution in [-0.2, 0) is 19.1 Å². The van der Waals surface area contributed by atoms with Crippen molar-refractivity contribution in [3.8, 4) is 17.2 Å². The third kappa shape index (κ3) is 11.3. The Bertz CT molecular complexity index is 1100. The van der Waals surface area contributed by atoms with E-state index < -0.39 is 23.9 Å². The highest BCUT2D eigenvalue weighted by Gasteiger charge is 2.43. The van der Waals surface area contributed by atoms with E-state index in [1.807, 2.05) is 0 Å². The molecule has 0 aliphatic rings. The first-order chi connectivity index (χ1) is 21.3. The van der Waals surface area contributed by atoms with Crippen LogP contribution < -0.4 is 14.2 Å². The maximum atomic E-state index is 14.2. The van der Waals surface area contributed by atoms with E-state index >= 15 is 0 Å². The maximum Gasteiger partial charge on any atom is 0.322 e. The van der Waals surface area contributed by atoms with Gasteiger partial charge in [0, 0.05) is 24.5 Å². The number of aromatic nitrogens is 2. The van der Waals surface area contributed by atoms with E-state index in [0.29, 0.717) is 46.5 Å². The zero-order valence-corrected chi connectivity index (χ0v) is 29.5. The lowest BCUT2D eigenvalue weighted by Gasteiger charge is -2.30. The van der Waals surface area contributed by atoms with Crippen molar-refractivity contribution in [1.82, 2.24) is 9.55 Å². The fourth-order valence-corrected chi connectivity index (χ4v) is 5.47. The molecule has 0 saturated heterocycles. The average Bonchev–Trinajstić information content (AvgIpc) is 3.52. The van der Waals surface area contributed by atoms with Crippen molar-refractivity contribution in [2.24, 2.45) is 41.4 Å². The minimum Gasteiger partial charge on any atom is -0.496 e. The predicted molar refractivity (Wildman–Crippen MR) is 177 cm³/mol. The number of imidazole rings is 1. The molecule has 0 saturated carbocycles. The van der Waals surface area contributed by atoms with Gasteiger partial charge in [-0.25, -0.2) is 4.98 Å². The fourth-order valence-electron chi connectivity index (χ4n) is 5.47. The van der Waals surface area contributed by atoms with E-state index in [-0.39, 0.29) is 25.0 Å². The highest BCUT2D eigenvalue weighted by atomic mass is 16.6. The fraction of sp³-hybridized carbons (Fsp3) is 0.694. The molecule has 3 atom stereocenters. The van der Waals surface area contributed by atoms with Gasteiger partial charge in [0.1, 0.15) is 17.2 Å². The Morgan fingerprint density at radius 2 is 1.18 bits per heavy atom. The number of methoxy groups -OCH3 is 3. The van der Waals surface area contributed by atoms with Crippen molar-refractivity contribution in [2.75, 3.05) is 34.5 Å². The summed E-state index contributed by atoms with van der Waals surface area (Å²) in [5, 5.41) is 0. The standard InChI is InChI=1S/C36H58N2O7/c1-23(2)12-14-27(25(5)6)20-44-35(39)33(36(40)45-21-28(26(7)8)15-13-24(3)4)34(38-17-16-37-22-38)32-30(42-10)18-29(41-9)19-31(32)43-11/h16-19,22-28,33-34H,12-15,20-21H2,1-11H3. The van der Waals surface area contributed by atoms with Crippen molar-refractivity contribution in [1.29, 1.82) is 0 Å². The quantitative estimate of drug-likeness (QED) is 0.109. The lowest BCUT2D eigenvalue weighted by Crippen LogP contribution is -2.38. The highest BCUT2D eigenvalue weighted by molar-refractivity contribution is 5.96. The molecule has 9 heteroatoms. The molecule has 0 aliphatic carbocycles. The van der Waals surface area contributed by atoms with Crippen LogP contribution in [0.3, 0.4) is 0 Å². The number of hydrogen-bond acceptors (Lipinski definition) is 8. The summed E-state index contributed by atoms with van der Waals surface area (Å²) in [6.45, 7) is 17.7. The van der Waals surface area contributed by atoms with Crippen LogP contribution in [0.4, 0.5) is 0 Å². The third-order valence-corrected chi connectivity index (χ3v) is 8.71. The Labute approximate surface area is 271 Å². The summed E-state index contributed by atoms with van der Waals surface area (Å²) < 4.78 is 30.8. The molecule has 0 aliphatic heterocycles. The maximum absolute atomic E-state index is 14.2. The number of ether oxygens (including phenoxy) is 5. The molecule has 0 fully saturated rings. The number of benzene rings is 1. The van der Waals surface area contributed by atoms with Gasteiger partial charge in [-0.05, 0) is 48.3 Å². The number of nitrogens with zero attached hydrogens (tertiary/aromatic N) is 2. The second-order valence-electron chi connectivity index (χ2n) is 13.6. The smallest absolute Gasteiger partial charge is 0.322 e. The van der Waals surface area contributed by atoms with Gasteiger partial charge in [-0.1, -0.05) is 68.2 Å². The number of hydrogen-bond donors (Lipinski definition) is 0. The number of rotatable bonds is 20. The van der Waals surface area contributed by atoms with Crippen LogP contribution in [0.2, 0.25) is 0 Å². The van der Waals surface area contributed by atoms with Crippen molar-refractivity contribution in [3.63, 3.8) is 0 Å². The Balaban J connectivity index is 2.61. The van der Waals surface area contributed by atoms with Crippen LogP contribution in [0.5, 0.6) is 17.2 Å². The van der Waals surface area contributed by atoms with Gasteiger partial charge < -0.3 is 28.3 Å². The van der Waals surface area contributed by atoms with Crippen molar-refractivity contribution in [2.45, 2.75) is 87.1 Å². The lowest BCUT2D eigenvalue weighted by atomic mass is 9.88. The number of carbonyl (C=O) groups is 2. The summed E-state index contributed by atoms with van der Waals surface area (Å²) >= 11 is 0. The van der Waals surface area contributed by atoms with Gasteiger partial charge in [-0.15, -0.1) is 0 Å². The summed E-state index contributed by atoms with van der Waals surface area (Å²) in [4.78, 5) is 32.7. The Kier molecular flexibility index (Phi) is 15.7. The molecule has 0 N–H and O–H groups in total. The summed E-state index contributed by atoms with van der Waals surface area (Å²) in [5.41, 5.74) is 0.484. The van der Waals surface area contributed by atoms with Crippen molar-refractivity contribution in [3.05, 3.63) is 36.4 Å². The first kappa shape index (κ1) is 38.0. The average molecular weight is 631 g/mol. The molecular weight excluding hydrogens is 572 g/mol. The van der Waals surface area contributed by atoms with Crippen LogP contribution >= 0.6 is 0 Å². The van der Waals surface area contributed by atoms with E-state index in [9.17, 15) is 9.59 Å². The van der Waals surface area contributed by atoms with E-state index in [4.69, 9.17) is 23.7 Å². The van der Waals surface area contributed by atoms with Crippen LogP contribution in [0, 0.1) is 41.4 Å². The summed E-state index contributed by atoms with van der Waals surface area (Å²) in [7, 11) is 4.60. The molecular formula is C36H58N2O7. The first-order valence-electron chi connectivity index (χ1n) is 16.4. The van der Waals surface area contributed by atoms with Crippen molar-refractivity contribution < 1.29 is 33.3 Å². The molecule has 0 radical (unpaired) electrons. The number of esters is 2. The summed E-state index contributed by atoms with van der Waals surface area (Å²) in [6, 6.07) is 2.48. The first-order valence-corrected chi connectivity index (χ1v) is 16.4. The van der Waals surface area contributed by atoms with Crippen LogP contribution in [0.15, 0.2) is 30.9 Å². The summed E-state index contributed by atoms with van der Waals surface area (Å²) in [6.07, 6.45) is 8.78. The van der Waals surface area contributed by atoms with Crippen LogP contribution in [0.1, 0.15) is 92.7 Å². The SMILES string of the molecule is COc1cc(OC)c(C(C(C(=O)OCC(CCC(C)C)C(C)C)C(=O)OCC(CCC(C)C)C(C)C)n2ccnc2)c(OC)c1. The number of carbonyl (C=O) groups excluding carboxylic acids is 2. The molecule has 0 spiro atoms. The molecule has 1 aromatic carbocycles. The van der Waals surface area contributed by atoms with Gasteiger partial charge in [-0.3, -0.25) is 9.59 Å². The van der Waals surface area contributed by atoms with E-state index in [1.165, 1.54) is 14.2 Å². The molecule has 1 aromatic heterocycles. The van der Waals surface area contributed by atoms with E-state index in [1.54, 1.807) is 42.5 Å². The normalized spacial score (nSPS) is 14.4. The van der Waals surface area contributed by atoms with E-state index in [2.05, 4.69) is 60.4 Å². The molecule has 9 nitrogen and oxygen atoms in total. The van der Waals surface area contributed by atoms with Gasteiger partial charge in [0.15, 0.2) is 5.92 Å². The Morgan fingerprint density at radius 1 is 0.711 bits per heavy atom. The topological polar surface area (TPSA) is 98.1 Å². The van der Waals surface area contributed by atoms with Gasteiger partial charge in [0.25, 0.3) is 0 Å². The minimum absolute atomic E-state index is 0.158. The van der Waals surface area contributed by atoms with Gasteiger partial charge in [-0.2, -0.15) is 0 Å². The molecule has 0 bridgehead atoms. The molecule has 3 unspecified atom stereocenters. The molecule has 254 valence electrons. The molecule has 0 amide bonds. The minimum atomic E-state index is -1.36. The predicted octanol–water partition coefficient (Wildman–Crippen LogP) is 7.62. The zero-order chi connectivity index (χ0) is 33.7. The zero-order valence-electron chi connectivity index (χ0n) is 29.5. The van der Waals surface area contributed by atoms with Gasteiger partial charge in [0.05, 0.1) is 52.5 Å². The second kappa shape index (κ2) is 18.7. The third-order valence-electron chi connectivity index (χ3n) is 8.71. The van der Waals surface area contributed by atoms with E-state index in [0.717, 1.165) is 25.7 Å². The molecule has 2 rings (SSSR count). The summed E-state index contributed by atoms with van der Waals surface area (Å²) in [5.74, 6) is 0.631. The van der Waals surface area contributed by atoms with Crippen LogP contribution in [0.25, 0.3) is 0 Å². The molecule has 45 heavy (non-hydrogen) atoms. The monoisotopic (exact) mass is 630 g/mol. The molecule has 1 heterocycles.